The summed E-state index contributed by atoms with van der Waals surface area (Å²) in [5.74, 6) is 7.54. The predicted octanol–water partition coefficient (Wildman–Crippen LogP) is 1.22. The highest BCUT2D eigenvalue weighted by atomic mass is 15.3. The third-order valence-corrected chi connectivity index (χ3v) is 2.81. The summed E-state index contributed by atoms with van der Waals surface area (Å²) in [5.41, 5.74) is 8.14. The van der Waals surface area contributed by atoms with Crippen LogP contribution in [0.4, 0.5) is 17.6 Å². The van der Waals surface area contributed by atoms with Gasteiger partial charge in [0.2, 0.25) is 5.95 Å². The Balaban J connectivity index is 2.90. The van der Waals surface area contributed by atoms with Gasteiger partial charge in [-0.15, -0.1) is 0 Å². The van der Waals surface area contributed by atoms with Crippen molar-refractivity contribution in [3.8, 4) is 0 Å². The van der Waals surface area contributed by atoms with E-state index >= 15 is 0 Å². The molecule has 96 valence electrons. The molecule has 0 fully saturated rings. The van der Waals surface area contributed by atoms with Gasteiger partial charge in [0.15, 0.2) is 0 Å². The Morgan fingerprint density at radius 2 is 2.12 bits per heavy atom. The Labute approximate surface area is 102 Å². The molecule has 0 aliphatic heterocycles. The molecule has 1 aromatic rings. The predicted molar refractivity (Wildman–Crippen MR) is 71.6 cm³/mol. The van der Waals surface area contributed by atoms with Gasteiger partial charge in [-0.05, 0) is 12.8 Å². The topological polar surface area (TPSA) is 93.1 Å². The fraction of sp³-hybridized carbons (Fsp3) is 0.636. The molecule has 0 aliphatic carbocycles. The third kappa shape index (κ3) is 3.74. The van der Waals surface area contributed by atoms with Crippen molar-refractivity contribution in [1.82, 2.24) is 9.97 Å². The van der Waals surface area contributed by atoms with Crippen LogP contribution in [0.5, 0.6) is 0 Å². The van der Waals surface area contributed by atoms with Gasteiger partial charge in [-0.25, -0.2) is 5.84 Å². The number of nitrogens with zero attached hydrogens (tertiary/aromatic N) is 3. The fourth-order valence-corrected chi connectivity index (χ4v) is 1.58. The summed E-state index contributed by atoms with van der Waals surface area (Å²) in [7, 11) is 0. The van der Waals surface area contributed by atoms with Crippen molar-refractivity contribution in [2.45, 2.75) is 27.2 Å². The van der Waals surface area contributed by atoms with Crippen molar-refractivity contribution in [3.63, 3.8) is 0 Å². The normalized spacial score (nSPS) is 12.2. The highest BCUT2D eigenvalue weighted by Crippen LogP contribution is 2.18. The summed E-state index contributed by atoms with van der Waals surface area (Å²) in [4.78, 5) is 10.4. The molecule has 0 saturated heterocycles. The number of hydrazine groups is 1. The lowest BCUT2D eigenvalue weighted by atomic mass is 10.1. The van der Waals surface area contributed by atoms with Crippen LogP contribution in [0.25, 0.3) is 0 Å². The van der Waals surface area contributed by atoms with Gasteiger partial charge in [0.05, 0.1) is 0 Å². The van der Waals surface area contributed by atoms with Crippen molar-refractivity contribution < 1.29 is 0 Å². The van der Waals surface area contributed by atoms with Crippen LogP contribution >= 0.6 is 0 Å². The Kier molecular flexibility index (Phi) is 4.96. The molecule has 0 spiro atoms. The van der Waals surface area contributed by atoms with Gasteiger partial charge in [-0.2, -0.15) is 9.97 Å². The maximum absolute atomic E-state index is 5.65. The molecule has 0 aromatic carbocycles. The van der Waals surface area contributed by atoms with E-state index in [-0.39, 0.29) is 5.95 Å². The summed E-state index contributed by atoms with van der Waals surface area (Å²) in [6.07, 6.45) is 1.14. The molecular formula is C11H22N6. The maximum atomic E-state index is 5.65. The van der Waals surface area contributed by atoms with E-state index in [1.165, 1.54) is 0 Å². The number of nitrogens with one attached hydrogen (secondary N) is 1. The van der Waals surface area contributed by atoms with Gasteiger partial charge < -0.3 is 16.1 Å². The Bertz CT molecular complexity index is 354. The van der Waals surface area contributed by atoms with E-state index in [0.717, 1.165) is 25.3 Å². The zero-order valence-corrected chi connectivity index (χ0v) is 10.8. The zero-order valence-electron chi connectivity index (χ0n) is 10.8. The Morgan fingerprint density at radius 1 is 1.41 bits per heavy atom. The summed E-state index contributed by atoms with van der Waals surface area (Å²) < 4.78 is 0. The van der Waals surface area contributed by atoms with E-state index in [4.69, 9.17) is 11.6 Å². The van der Waals surface area contributed by atoms with Crippen LogP contribution in [-0.2, 0) is 0 Å². The standard InChI is InChI=1S/C11H22N6/c1-4-8(3)7-17(5-2)10-6-9(16-13)14-11(12)15-10/h6,8H,4-5,7,13H2,1-3H3,(H3,12,14,15,16). The number of rotatable bonds is 6. The minimum atomic E-state index is 0.234. The Hall–Kier alpha value is -1.56. The minimum Gasteiger partial charge on any atom is -0.368 e. The molecule has 0 aliphatic rings. The average Bonchev–Trinajstić information content (AvgIpc) is 2.34. The average molecular weight is 238 g/mol. The van der Waals surface area contributed by atoms with Crippen LogP contribution in [0.3, 0.4) is 0 Å². The van der Waals surface area contributed by atoms with Gasteiger partial charge in [0.25, 0.3) is 0 Å². The Morgan fingerprint density at radius 3 is 2.65 bits per heavy atom. The lowest BCUT2D eigenvalue weighted by Gasteiger charge is -2.25. The molecule has 1 atom stereocenters. The molecule has 1 heterocycles. The van der Waals surface area contributed by atoms with E-state index in [9.17, 15) is 0 Å². The largest absolute Gasteiger partial charge is 0.368 e. The van der Waals surface area contributed by atoms with E-state index < -0.39 is 0 Å². The second kappa shape index (κ2) is 6.24. The maximum Gasteiger partial charge on any atom is 0.223 e. The molecule has 6 nitrogen and oxygen atoms in total. The molecule has 0 amide bonds. The van der Waals surface area contributed by atoms with Crippen molar-refractivity contribution in [1.29, 1.82) is 0 Å². The smallest absolute Gasteiger partial charge is 0.223 e. The highest BCUT2D eigenvalue weighted by molar-refractivity contribution is 5.52. The summed E-state index contributed by atoms with van der Waals surface area (Å²) in [6, 6.07) is 1.81. The first-order valence-electron chi connectivity index (χ1n) is 5.96. The van der Waals surface area contributed by atoms with Crippen molar-refractivity contribution in [2.75, 3.05) is 29.1 Å². The minimum absolute atomic E-state index is 0.234. The van der Waals surface area contributed by atoms with E-state index in [0.29, 0.717) is 11.7 Å². The lowest BCUT2D eigenvalue weighted by molar-refractivity contribution is 0.545. The van der Waals surface area contributed by atoms with Crippen LogP contribution in [0, 0.1) is 5.92 Å². The molecule has 0 saturated carbocycles. The highest BCUT2D eigenvalue weighted by Gasteiger charge is 2.11. The van der Waals surface area contributed by atoms with Crippen LogP contribution < -0.4 is 21.9 Å². The monoisotopic (exact) mass is 238 g/mol. The van der Waals surface area contributed by atoms with Gasteiger partial charge in [0.1, 0.15) is 11.6 Å². The van der Waals surface area contributed by atoms with Crippen molar-refractivity contribution >= 4 is 17.6 Å². The molecule has 5 N–H and O–H groups in total. The lowest BCUT2D eigenvalue weighted by Crippen LogP contribution is -2.29. The van der Waals surface area contributed by atoms with Gasteiger partial charge in [0, 0.05) is 19.2 Å². The molecular weight excluding hydrogens is 216 g/mol. The second-order valence-corrected chi connectivity index (χ2v) is 4.17. The van der Waals surface area contributed by atoms with E-state index in [1.54, 1.807) is 0 Å². The molecule has 6 heteroatoms. The number of hydrogen-bond acceptors (Lipinski definition) is 6. The molecule has 1 unspecified atom stereocenters. The number of nitrogens with two attached hydrogens (primary N) is 2. The number of hydrogen-bond donors (Lipinski definition) is 3. The van der Waals surface area contributed by atoms with Crippen molar-refractivity contribution in [3.05, 3.63) is 6.07 Å². The quantitative estimate of drug-likeness (QED) is 0.509. The van der Waals surface area contributed by atoms with Crippen LogP contribution in [0.1, 0.15) is 27.2 Å². The van der Waals surface area contributed by atoms with Gasteiger partial charge >= 0.3 is 0 Å². The fourth-order valence-electron chi connectivity index (χ4n) is 1.58. The van der Waals surface area contributed by atoms with E-state index in [1.807, 2.05) is 6.07 Å². The van der Waals surface area contributed by atoms with Crippen LogP contribution in [0.2, 0.25) is 0 Å². The van der Waals surface area contributed by atoms with Gasteiger partial charge in [-0.3, -0.25) is 0 Å². The summed E-state index contributed by atoms with van der Waals surface area (Å²) in [6.45, 7) is 8.32. The van der Waals surface area contributed by atoms with Crippen LogP contribution in [0.15, 0.2) is 6.07 Å². The molecule has 17 heavy (non-hydrogen) atoms. The summed E-state index contributed by atoms with van der Waals surface area (Å²) >= 11 is 0. The summed E-state index contributed by atoms with van der Waals surface area (Å²) in [5, 5.41) is 0. The third-order valence-electron chi connectivity index (χ3n) is 2.81. The number of anilines is 3. The SMILES string of the molecule is CCC(C)CN(CC)c1cc(NN)nc(N)n1. The molecule has 1 rings (SSSR count). The molecule has 1 aromatic heterocycles. The molecule has 0 bridgehead atoms. The first kappa shape index (κ1) is 13.5. The first-order valence-corrected chi connectivity index (χ1v) is 5.96. The van der Waals surface area contributed by atoms with Crippen LogP contribution in [-0.4, -0.2) is 23.1 Å². The first-order chi connectivity index (χ1) is 8.10. The zero-order chi connectivity index (χ0) is 12.8. The van der Waals surface area contributed by atoms with Gasteiger partial charge in [-0.1, -0.05) is 20.3 Å². The van der Waals surface area contributed by atoms with E-state index in [2.05, 4.69) is 41.1 Å². The second-order valence-electron chi connectivity index (χ2n) is 4.17. The number of nitrogen functional groups attached to an aromatic ring is 2. The molecule has 0 radical (unpaired) electrons. The van der Waals surface area contributed by atoms with Crippen molar-refractivity contribution in [2.24, 2.45) is 11.8 Å². The number of aromatic nitrogens is 2.